The molecule has 4 rings (SSSR count). The van der Waals surface area contributed by atoms with Gasteiger partial charge in [0.05, 0.1) is 31.3 Å². The quantitative estimate of drug-likeness (QED) is 0.499. The zero-order chi connectivity index (χ0) is 25.0. The number of carbonyl (C=O) groups is 1. The monoisotopic (exact) mass is 493 g/mol. The van der Waals surface area contributed by atoms with Gasteiger partial charge in [-0.1, -0.05) is 36.4 Å². The summed E-state index contributed by atoms with van der Waals surface area (Å²) in [5, 5.41) is 0. The molecule has 8 heteroatoms. The first kappa shape index (κ1) is 24.6. The van der Waals surface area contributed by atoms with Crippen LogP contribution in [0.15, 0.2) is 72.8 Å². The molecular weight excluding hydrogens is 462 g/mol. The number of rotatable bonds is 7. The van der Waals surface area contributed by atoms with E-state index in [-0.39, 0.29) is 12.5 Å². The lowest BCUT2D eigenvalue weighted by molar-refractivity contribution is 0.0746. The molecule has 184 valence electrons. The average Bonchev–Trinajstić information content (AvgIpc) is 2.86. The van der Waals surface area contributed by atoms with Crippen molar-refractivity contribution in [2.75, 3.05) is 48.7 Å². The Balaban J connectivity index is 1.42. The van der Waals surface area contributed by atoms with Gasteiger partial charge < -0.3 is 14.5 Å². The Hall–Kier alpha value is -3.52. The molecule has 3 aromatic rings. The molecule has 7 nitrogen and oxygen atoms in total. The number of nitrogens with zero attached hydrogens (tertiary/aromatic N) is 3. The van der Waals surface area contributed by atoms with Crippen molar-refractivity contribution in [2.45, 2.75) is 13.5 Å². The minimum absolute atomic E-state index is 0.0186. The summed E-state index contributed by atoms with van der Waals surface area (Å²) in [4.78, 5) is 17.2. The summed E-state index contributed by atoms with van der Waals surface area (Å²) in [6, 6.07) is 22.5. The third-order valence-electron chi connectivity index (χ3n) is 6.21. The Bertz CT molecular complexity index is 1280. The number of sulfonamides is 1. The standard InChI is InChI=1S/C27H31N3O4S/c1-21-7-6-8-24(19-21)30(35(3,32)33)20-22-11-13-23(14-12-22)27(31)29-17-15-28(16-18-29)25-9-4-5-10-26(25)34-2/h4-14,19H,15-18,20H2,1-3H3. The number of piperazine rings is 1. The molecule has 0 spiro atoms. The van der Waals surface area contributed by atoms with E-state index in [1.165, 1.54) is 10.6 Å². The largest absolute Gasteiger partial charge is 0.495 e. The number of anilines is 2. The third-order valence-corrected chi connectivity index (χ3v) is 7.35. The number of methoxy groups -OCH3 is 1. The molecule has 0 bridgehead atoms. The van der Waals surface area contributed by atoms with Gasteiger partial charge in [0.1, 0.15) is 5.75 Å². The van der Waals surface area contributed by atoms with E-state index in [2.05, 4.69) is 4.90 Å². The van der Waals surface area contributed by atoms with Crippen LogP contribution < -0.4 is 13.9 Å². The number of carbonyl (C=O) groups excluding carboxylic acids is 1. The van der Waals surface area contributed by atoms with E-state index in [0.29, 0.717) is 24.3 Å². The summed E-state index contributed by atoms with van der Waals surface area (Å²) in [5.41, 5.74) is 4.06. The Labute approximate surface area is 207 Å². The fourth-order valence-corrected chi connectivity index (χ4v) is 5.21. The molecule has 35 heavy (non-hydrogen) atoms. The number of hydrogen-bond donors (Lipinski definition) is 0. The van der Waals surface area contributed by atoms with Crippen molar-refractivity contribution in [1.82, 2.24) is 4.90 Å². The summed E-state index contributed by atoms with van der Waals surface area (Å²) in [7, 11) is -1.80. The van der Waals surface area contributed by atoms with Gasteiger partial charge in [-0.15, -0.1) is 0 Å². The first-order chi connectivity index (χ1) is 16.8. The fourth-order valence-electron chi connectivity index (χ4n) is 4.33. The van der Waals surface area contributed by atoms with Crippen molar-refractivity contribution in [3.63, 3.8) is 0 Å². The van der Waals surface area contributed by atoms with Crippen LogP contribution in [0, 0.1) is 6.92 Å². The number of ether oxygens (including phenoxy) is 1. The predicted molar refractivity (Wildman–Crippen MR) is 140 cm³/mol. The second kappa shape index (κ2) is 10.4. The normalized spacial score (nSPS) is 14.0. The number of hydrogen-bond acceptors (Lipinski definition) is 5. The van der Waals surface area contributed by atoms with Crippen molar-refractivity contribution in [3.05, 3.63) is 89.5 Å². The molecule has 1 amide bonds. The maximum absolute atomic E-state index is 13.1. The van der Waals surface area contributed by atoms with E-state index < -0.39 is 10.0 Å². The minimum Gasteiger partial charge on any atom is -0.495 e. The molecule has 3 aromatic carbocycles. The van der Waals surface area contributed by atoms with Crippen molar-refractivity contribution in [2.24, 2.45) is 0 Å². The van der Waals surface area contributed by atoms with Crippen LogP contribution in [0.4, 0.5) is 11.4 Å². The van der Waals surface area contributed by atoms with Crippen LogP contribution >= 0.6 is 0 Å². The summed E-state index contributed by atoms with van der Waals surface area (Å²) < 4.78 is 31.8. The maximum Gasteiger partial charge on any atom is 0.253 e. The van der Waals surface area contributed by atoms with E-state index in [9.17, 15) is 13.2 Å². The number of para-hydroxylation sites is 2. The average molecular weight is 494 g/mol. The van der Waals surface area contributed by atoms with Gasteiger partial charge in [0.15, 0.2) is 0 Å². The van der Waals surface area contributed by atoms with Crippen LogP contribution in [0.3, 0.4) is 0 Å². The summed E-state index contributed by atoms with van der Waals surface area (Å²) >= 11 is 0. The van der Waals surface area contributed by atoms with Crippen molar-refractivity contribution >= 4 is 27.3 Å². The van der Waals surface area contributed by atoms with Gasteiger partial charge in [0.25, 0.3) is 5.91 Å². The number of amides is 1. The van der Waals surface area contributed by atoms with E-state index in [4.69, 9.17) is 4.74 Å². The smallest absolute Gasteiger partial charge is 0.253 e. The summed E-state index contributed by atoms with van der Waals surface area (Å²) in [6.07, 6.45) is 1.21. The van der Waals surface area contributed by atoms with Crippen LogP contribution in [-0.4, -0.2) is 58.8 Å². The second-order valence-electron chi connectivity index (χ2n) is 8.76. The third kappa shape index (κ3) is 5.77. The van der Waals surface area contributed by atoms with Crippen molar-refractivity contribution in [1.29, 1.82) is 0 Å². The molecule has 1 fully saturated rings. The predicted octanol–water partition coefficient (Wildman–Crippen LogP) is 3.93. The minimum atomic E-state index is -3.47. The number of benzene rings is 3. The Morgan fingerprint density at radius 3 is 2.26 bits per heavy atom. The van der Waals surface area contributed by atoms with Gasteiger partial charge in [-0.05, 0) is 54.4 Å². The highest BCUT2D eigenvalue weighted by Crippen LogP contribution is 2.28. The molecule has 0 aromatic heterocycles. The molecule has 0 atom stereocenters. The molecule has 0 aliphatic carbocycles. The van der Waals surface area contributed by atoms with Crippen LogP contribution in [0.2, 0.25) is 0 Å². The maximum atomic E-state index is 13.1. The number of aryl methyl sites for hydroxylation is 1. The fraction of sp³-hybridized carbons (Fsp3) is 0.296. The highest BCUT2D eigenvalue weighted by Gasteiger charge is 2.24. The Morgan fingerprint density at radius 1 is 0.943 bits per heavy atom. The van der Waals surface area contributed by atoms with Crippen LogP contribution in [-0.2, 0) is 16.6 Å². The van der Waals surface area contributed by atoms with Crippen LogP contribution in [0.5, 0.6) is 5.75 Å². The molecule has 0 N–H and O–H groups in total. The lowest BCUT2D eigenvalue weighted by Gasteiger charge is -2.36. The van der Waals surface area contributed by atoms with Gasteiger partial charge in [-0.3, -0.25) is 9.10 Å². The summed E-state index contributed by atoms with van der Waals surface area (Å²) in [6.45, 7) is 4.82. The van der Waals surface area contributed by atoms with Crippen LogP contribution in [0.25, 0.3) is 0 Å². The van der Waals surface area contributed by atoms with E-state index >= 15 is 0 Å². The second-order valence-corrected chi connectivity index (χ2v) is 10.7. The van der Waals surface area contributed by atoms with E-state index in [1.807, 2.05) is 66.4 Å². The Morgan fingerprint density at radius 2 is 1.63 bits per heavy atom. The lowest BCUT2D eigenvalue weighted by atomic mass is 10.1. The topological polar surface area (TPSA) is 70.2 Å². The molecule has 1 aliphatic rings. The Kier molecular flexibility index (Phi) is 7.31. The van der Waals surface area contributed by atoms with Gasteiger partial charge >= 0.3 is 0 Å². The van der Waals surface area contributed by atoms with Gasteiger partial charge in [0.2, 0.25) is 10.0 Å². The lowest BCUT2D eigenvalue weighted by Crippen LogP contribution is -2.48. The first-order valence-electron chi connectivity index (χ1n) is 11.6. The molecule has 0 radical (unpaired) electrons. The molecule has 0 unspecified atom stereocenters. The van der Waals surface area contributed by atoms with Crippen molar-refractivity contribution in [3.8, 4) is 5.75 Å². The van der Waals surface area contributed by atoms with Crippen molar-refractivity contribution < 1.29 is 17.9 Å². The van der Waals surface area contributed by atoms with Gasteiger partial charge in [-0.25, -0.2) is 8.42 Å². The van der Waals surface area contributed by atoms with Gasteiger partial charge in [0, 0.05) is 31.7 Å². The SMILES string of the molecule is COc1ccccc1N1CCN(C(=O)c2ccc(CN(c3cccc(C)c3)S(C)(=O)=O)cc2)CC1. The zero-order valence-electron chi connectivity index (χ0n) is 20.3. The first-order valence-corrected chi connectivity index (χ1v) is 13.4. The van der Waals surface area contributed by atoms with E-state index in [0.717, 1.165) is 35.7 Å². The van der Waals surface area contributed by atoms with Crippen LogP contribution in [0.1, 0.15) is 21.5 Å². The summed E-state index contributed by atoms with van der Waals surface area (Å²) in [5.74, 6) is 0.812. The molecule has 0 saturated carbocycles. The molecular formula is C27H31N3O4S. The molecule has 1 heterocycles. The van der Waals surface area contributed by atoms with E-state index in [1.54, 1.807) is 25.3 Å². The highest BCUT2D eigenvalue weighted by atomic mass is 32.2. The zero-order valence-corrected chi connectivity index (χ0v) is 21.2. The molecule has 1 aliphatic heterocycles. The van der Waals surface area contributed by atoms with Gasteiger partial charge in [-0.2, -0.15) is 0 Å². The molecule has 1 saturated heterocycles. The highest BCUT2D eigenvalue weighted by molar-refractivity contribution is 7.92.